The van der Waals surface area contributed by atoms with Crippen molar-refractivity contribution in [3.8, 4) is 0 Å². The van der Waals surface area contributed by atoms with Crippen molar-refractivity contribution in [2.45, 2.75) is 13.3 Å². The van der Waals surface area contributed by atoms with E-state index in [2.05, 4.69) is 10.5 Å². The summed E-state index contributed by atoms with van der Waals surface area (Å²) in [6, 6.07) is 12.7. The van der Waals surface area contributed by atoms with Crippen LogP contribution < -0.4 is 10.3 Å². The van der Waals surface area contributed by atoms with Gasteiger partial charge in [0.25, 0.3) is 0 Å². The molecule has 7 heteroatoms. The molecule has 1 saturated heterocycles. The van der Waals surface area contributed by atoms with Gasteiger partial charge in [-0.1, -0.05) is 47.0 Å². The molecule has 0 aliphatic carbocycles. The van der Waals surface area contributed by atoms with Crippen molar-refractivity contribution in [1.82, 2.24) is 5.43 Å². The summed E-state index contributed by atoms with van der Waals surface area (Å²) in [6.45, 7) is 2.31. The van der Waals surface area contributed by atoms with Crippen molar-refractivity contribution in [3.63, 3.8) is 0 Å². The largest absolute Gasteiger partial charge is 0.312 e. The molecule has 0 aromatic heterocycles. The van der Waals surface area contributed by atoms with Crippen LogP contribution in [0.25, 0.3) is 0 Å². The molecular formula is C19H17Cl2N3O2. The molecule has 1 aliphatic rings. The lowest BCUT2D eigenvalue weighted by Gasteiger charge is -2.16. The number of carbonyl (C=O) groups is 2. The second-order valence-corrected chi connectivity index (χ2v) is 6.92. The molecule has 1 N–H and O–H groups in total. The summed E-state index contributed by atoms with van der Waals surface area (Å²) >= 11 is 12.1. The van der Waals surface area contributed by atoms with Gasteiger partial charge in [0.05, 0.1) is 22.2 Å². The van der Waals surface area contributed by atoms with Crippen molar-refractivity contribution >= 4 is 46.9 Å². The molecule has 0 bridgehead atoms. The zero-order valence-corrected chi connectivity index (χ0v) is 15.6. The first kappa shape index (κ1) is 18.4. The van der Waals surface area contributed by atoms with Crippen LogP contribution in [0.1, 0.15) is 17.5 Å². The fourth-order valence-electron chi connectivity index (χ4n) is 2.74. The third-order valence-electron chi connectivity index (χ3n) is 4.21. The van der Waals surface area contributed by atoms with E-state index in [0.29, 0.717) is 22.2 Å². The standard InChI is InChI=1S/C19H17Cl2N3O2/c1-12-5-7-14(8-6-12)24-11-13(9-18(24)25)19(26)23-22-10-15-16(20)3-2-4-17(15)21/h2-8,10,13H,9,11H2,1H3,(H,23,26)/b22-10+/t13-/m1/s1. The summed E-state index contributed by atoms with van der Waals surface area (Å²) in [7, 11) is 0. The molecule has 1 fully saturated rings. The van der Waals surface area contributed by atoms with Gasteiger partial charge in [-0.3, -0.25) is 9.59 Å². The smallest absolute Gasteiger partial charge is 0.245 e. The van der Waals surface area contributed by atoms with Gasteiger partial charge in [0.15, 0.2) is 0 Å². The molecule has 1 atom stereocenters. The molecule has 2 aromatic rings. The molecule has 0 unspecified atom stereocenters. The Kier molecular flexibility index (Phi) is 5.59. The molecule has 0 spiro atoms. The number of amides is 2. The molecule has 2 amide bonds. The minimum absolute atomic E-state index is 0.0767. The maximum absolute atomic E-state index is 12.3. The Labute approximate surface area is 161 Å². The molecule has 134 valence electrons. The number of carbonyl (C=O) groups excluding carboxylic acids is 2. The average Bonchev–Trinajstić information content (AvgIpc) is 3.00. The first-order chi connectivity index (χ1) is 12.5. The van der Waals surface area contributed by atoms with Crippen LogP contribution in [-0.4, -0.2) is 24.6 Å². The van der Waals surface area contributed by atoms with E-state index in [9.17, 15) is 9.59 Å². The molecule has 1 heterocycles. The van der Waals surface area contributed by atoms with Gasteiger partial charge in [0, 0.05) is 24.2 Å². The van der Waals surface area contributed by atoms with Crippen LogP contribution in [-0.2, 0) is 9.59 Å². The number of hydrazone groups is 1. The minimum atomic E-state index is -0.456. The lowest BCUT2D eigenvalue weighted by atomic mass is 10.1. The zero-order valence-electron chi connectivity index (χ0n) is 14.1. The van der Waals surface area contributed by atoms with Crippen LogP contribution in [0, 0.1) is 12.8 Å². The van der Waals surface area contributed by atoms with Gasteiger partial charge >= 0.3 is 0 Å². The number of nitrogens with one attached hydrogen (secondary N) is 1. The van der Waals surface area contributed by atoms with Crippen LogP contribution in [0.4, 0.5) is 5.69 Å². The molecule has 1 aliphatic heterocycles. The van der Waals surface area contributed by atoms with Crippen molar-refractivity contribution in [2.24, 2.45) is 11.0 Å². The fraction of sp³-hybridized carbons (Fsp3) is 0.211. The number of aryl methyl sites for hydroxylation is 1. The Morgan fingerprint density at radius 3 is 2.50 bits per heavy atom. The molecule has 5 nitrogen and oxygen atoms in total. The number of hydrogen-bond donors (Lipinski definition) is 1. The zero-order chi connectivity index (χ0) is 18.7. The van der Waals surface area contributed by atoms with E-state index in [1.54, 1.807) is 23.1 Å². The van der Waals surface area contributed by atoms with Gasteiger partial charge in [-0.15, -0.1) is 0 Å². The molecule has 3 rings (SSSR count). The van der Waals surface area contributed by atoms with Crippen LogP contribution in [0.2, 0.25) is 10.0 Å². The van der Waals surface area contributed by atoms with Gasteiger partial charge in [-0.25, -0.2) is 5.43 Å². The third-order valence-corrected chi connectivity index (χ3v) is 4.87. The first-order valence-corrected chi connectivity index (χ1v) is 8.85. The highest BCUT2D eigenvalue weighted by molar-refractivity contribution is 6.38. The Morgan fingerprint density at radius 1 is 1.19 bits per heavy atom. The van der Waals surface area contributed by atoms with Crippen LogP contribution in [0.15, 0.2) is 47.6 Å². The van der Waals surface area contributed by atoms with Crippen molar-refractivity contribution in [2.75, 3.05) is 11.4 Å². The van der Waals surface area contributed by atoms with E-state index >= 15 is 0 Å². The van der Waals surface area contributed by atoms with Crippen LogP contribution in [0.5, 0.6) is 0 Å². The highest BCUT2D eigenvalue weighted by Crippen LogP contribution is 2.25. The second-order valence-electron chi connectivity index (χ2n) is 6.11. The summed E-state index contributed by atoms with van der Waals surface area (Å²) in [4.78, 5) is 26.2. The Hall–Kier alpha value is -2.37. The van der Waals surface area contributed by atoms with Gasteiger partial charge in [0.1, 0.15) is 0 Å². The maximum atomic E-state index is 12.3. The summed E-state index contributed by atoms with van der Waals surface area (Å²) in [5.41, 5.74) is 4.90. The third kappa shape index (κ3) is 4.06. The number of benzene rings is 2. The molecule has 2 aromatic carbocycles. The first-order valence-electron chi connectivity index (χ1n) is 8.09. The fourth-order valence-corrected chi connectivity index (χ4v) is 3.24. The number of nitrogens with zero attached hydrogens (tertiary/aromatic N) is 2. The number of hydrogen-bond acceptors (Lipinski definition) is 3. The monoisotopic (exact) mass is 389 g/mol. The van der Waals surface area contributed by atoms with Gasteiger partial charge < -0.3 is 4.90 Å². The Morgan fingerprint density at radius 2 is 1.85 bits per heavy atom. The van der Waals surface area contributed by atoms with Crippen molar-refractivity contribution in [3.05, 3.63) is 63.6 Å². The number of halogens is 2. The minimum Gasteiger partial charge on any atom is -0.312 e. The predicted octanol–water partition coefficient (Wildman–Crippen LogP) is 3.81. The lowest BCUT2D eigenvalue weighted by Crippen LogP contribution is -2.30. The van der Waals surface area contributed by atoms with Crippen LogP contribution in [0.3, 0.4) is 0 Å². The lowest BCUT2D eigenvalue weighted by molar-refractivity contribution is -0.126. The van der Waals surface area contributed by atoms with Crippen LogP contribution >= 0.6 is 23.2 Å². The Balaban J connectivity index is 1.63. The number of rotatable bonds is 4. The molecule has 0 saturated carbocycles. The summed E-state index contributed by atoms with van der Waals surface area (Å²) < 4.78 is 0. The topological polar surface area (TPSA) is 61.8 Å². The van der Waals surface area contributed by atoms with Crippen molar-refractivity contribution in [1.29, 1.82) is 0 Å². The van der Waals surface area contributed by atoms with E-state index in [1.807, 2.05) is 31.2 Å². The molecular weight excluding hydrogens is 373 g/mol. The highest BCUT2D eigenvalue weighted by Gasteiger charge is 2.35. The average molecular weight is 390 g/mol. The quantitative estimate of drug-likeness (QED) is 0.638. The molecule has 26 heavy (non-hydrogen) atoms. The second kappa shape index (κ2) is 7.89. The van der Waals surface area contributed by atoms with E-state index in [4.69, 9.17) is 23.2 Å². The van der Waals surface area contributed by atoms with Gasteiger partial charge in [-0.2, -0.15) is 5.10 Å². The number of anilines is 1. The van der Waals surface area contributed by atoms with Crippen molar-refractivity contribution < 1.29 is 9.59 Å². The van der Waals surface area contributed by atoms with E-state index in [0.717, 1.165) is 11.3 Å². The maximum Gasteiger partial charge on any atom is 0.245 e. The van der Waals surface area contributed by atoms with E-state index in [-0.39, 0.29) is 18.2 Å². The Bertz CT molecular complexity index is 845. The normalized spacial score (nSPS) is 17.1. The van der Waals surface area contributed by atoms with Gasteiger partial charge in [0.2, 0.25) is 11.8 Å². The summed E-state index contributed by atoms with van der Waals surface area (Å²) in [5.74, 6) is -0.845. The predicted molar refractivity (Wildman–Crippen MR) is 104 cm³/mol. The van der Waals surface area contributed by atoms with Gasteiger partial charge in [-0.05, 0) is 31.2 Å². The molecule has 0 radical (unpaired) electrons. The summed E-state index contributed by atoms with van der Waals surface area (Å²) in [6.07, 6.45) is 1.55. The van der Waals surface area contributed by atoms with E-state index in [1.165, 1.54) is 6.21 Å². The van der Waals surface area contributed by atoms with E-state index < -0.39 is 5.92 Å². The highest BCUT2D eigenvalue weighted by atomic mass is 35.5. The summed E-state index contributed by atoms with van der Waals surface area (Å²) in [5, 5.41) is 4.80. The SMILES string of the molecule is Cc1ccc(N2C[C@H](C(=O)N/N=C/c3c(Cl)cccc3Cl)CC2=O)cc1.